The first-order valence-electron chi connectivity index (χ1n) is 33.6. The Kier molecular flexibility index (Phi) is 57.3. The molecule has 0 spiro atoms. The van der Waals surface area contributed by atoms with Crippen molar-refractivity contribution in [2.24, 2.45) is 0 Å². The Bertz CT molecular complexity index is 1230. The van der Waals surface area contributed by atoms with Crippen LogP contribution in [0.4, 0.5) is 0 Å². The summed E-state index contributed by atoms with van der Waals surface area (Å²) in [5, 5.41) is 14.0. The normalized spacial score (nSPS) is 13.7. The highest BCUT2D eigenvalue weighted by Gasteiger charge is 2.28. The van der Waals surface area contributed by atoms with E-state index in [9.17, 15) is 19.4 Å². The molecule has 0 rings (SSSR count). The minimum Gasteiger partial charge on any atom is -0.387 e. The number of likely N-dealkylation sites (N-methyl/N-ethyl adjacent to an activating group) is 1. The summed E-state index contributed by atoms with van der Waals surface area (Å²) in [6, 6.07) is -0.843. The number of unbranched alkanes of at least 4 members (excludes halogenated alkanes) is 50. The largest absolute Gasteiger partial charge is 0.472 e. The van der Waals surface area contributed by atoms with E-state index in [1.54, 1.807) is 6.08 Å². The standard InChI is InChI=1S/C66H133N2O6P/c1-6-8-10-12-14-16-18-20-22-24-26-28-30-31-32-33-34-35-36-38-40-42-44-46-48-50-52-54-56-58-60-66(70)67-64(63-74-75(71,72)73-62-61-68(3,4)5)65(69)59-57-55-53-51-49-47-45-43-41-39-37-29-27-25-23-21-19-17-15-13-11-9-7-2/h57,59,64-65,69H,6-56,58,60-63H2,1-5H3,(H-,67,70,71,72)/p+1/b59-57+. The number of amides is 1. The van der Waals surface area contributed by atoms with Crippen LogP contribution in [0.2, 0.25) is 0 Å². The number of aliphatic hydroxyl groups excluding tert-OH is 1. The molecule has 0 heterocycles. The summed E-state index contributed by atoms with van der Waals surface area (Å²) in [4.78, 5) is 23.4. The topological polar surface area (TPSA) is 105 Å². The minimum atomic E-state index is -4.35. The zero-order valence-corrected chi connectivity index (χ0v) is 52.2. The van der Waals surface area contributed by atoms with Crippen molar-refractivity contribution in [2.75, 3.05) is 40.9 Å². The van der Waals surface area contributed by atoms with Gasteiger partial charge in [0.1, 0.15) is 13.2 Å². The lowest BCUT2D eigenvalue weighted by Gasteiger charge is -2.25. The van der Waals surface area contributed by atoms with E-state index in [-0.39, 0.29) is 19.1 Å². The van der Waals surface area contributed by atoms with Gasteiger partial charge >= 0.3 is 7.82 Å². The number of allylic oxidation sites excluding steroid dienone is 1. The lowest BCUT2D eigenvalue weighted by atomic mass is 10.0. The molecule has 448 valence electrons. The van der Waals surface area contributed by atoms with Crippen molar-refractivity contribution < 1.29 is 32.9 Å². The van der Waals surface area contributed by atoms with Gasteiger partial charge in [-0.25, -0.2) is 4.57 Å². The first kappa shape index (κ1) is 74.2. The third-order valence-corrected chi connectivity index (χ3v) is 16.7. The number of nitrogens with zero attached hydrogens (tertiary/aromatic N) is 1. The van der Waals surface area contributed by atoms with E-state index >= 15 is 0 Å². The van der Waals surface area contributed by atoms with Gasteiger partial charge in [-0.1, -0.05) is 341 Å². The fourth-order valence-electron chi connectivity index (χ4n) is 10.5. The molecule has 0 aromatic rings. The molecule has 0 aromatic carbocycles. The first-order valence-corrected chi connectivity index (χ1v) is 35.1. The molecule has 0 aromatic heterocycles. The number of rotatable bonds is 63. The minimum absolute atomic E-state index is 0.0654. The molecule has 75 heavy (non-hydrogen) atoms. The summed E-state index contributed by atoms with van der Waals surface area (Å²) in [5.41, 5.74) is 0. The molecule has 0 aliphatic heterocycles. The van der Waals surface area contributed by atoms with Crippen LogP contribution in [-0.4, -0.2) is 73.4 Å². The van der Waals surface area contributed by atoms with Gasteiger partial charge in [-0.2, -0.15) is 0 Å². The summed E-state index contributed by atoms with van der Waals surface area (Å²) in [6.45, 7) is 4.89. The van der Waals surface area contributed by atoms with Gasteiger partial charge in [-0.3, -0.25) is 13.8 Å². The summed E-state index contributed by atoms with van der Waals surface area (Å²) in [7, 11) is 1.59. The SMILES string of the molecule is CCCCCCCCCCCCCCCCCCCCCCC/C=C/C(O)C(COP(=O)(O)OCC[N+](C)(C)C)NC(=O)CCCCCCCCCCCCCCCCCCCCCCCCCCCCCCCC. The Morgan fingerprint density at radius 1 is 0.440 bits per heavy atom. The molecular weight excluding hydrogens is 948 g/mol. The third kappa shape index (κ3) is 60.7. The molecule has 0 fully saturated rings. The van der Waals surface area contributed by atoms with Crippen LogP contribution in [0.1, 0.15) is 354 Å². The molecule has 0 saturated heterocycles. The second kappa shape index (κ2) is 57.9. The average molecular weight is 1080 g/mol. The predicted octanol–water partition coefficient (Wildman–Crippen LogP) is 20.9. The van der Waals surface area contributed by atoms with Crippen LogP contribution in [0.5, 0.6) is 0 Å². The van der Waals surface area contributed by atoms with E-state index in [0.29, 0.717) is 17.4 Å². The van der Waals surface area contributed by atoms with Crippen LogP contribution < -0.4 is 5.32 Å². The van der Waals surface area contributed by atoms with E-state index < -0.39 is 20.0 Å². The van der Waals surface area contributed by atoms with Crippen molar-refractivity contribution in [3.05, 3.63) is 12.2 Å². The zero-order chi connectivity index (χ0) is 54.9. The van der Waals surface area contributed by atoms with Crippen molar-refractivity contribution in [3.8, 4) is 0 Å². The molecule has 0 bridgehead atoms. The predicted molar refractivity (Wildman–Crippen MR) is 328 cm³/mol. The van der Waals surface area contributed by atoms with Gasteiger partial charge < -0.3 is 19.8 Å². The van der Waals surface area contributed by atoms with Gasteiger partial charge in [0.25, 0.3) is 0 Å². The monoisotopic (exact) mass is 1080 g/mol. The van der Waals surface area contributed by atoms with Gasteiger partial charge in [-0.05, 0) is 19.3 Å². The smallest absolute Gasteiger partial charge is 0.387 e. The molecule has 3 N–H and O–H groups in total. The highest BCUT2D eigenvalue weighted by atomic mass is 31.2. The fourth-order valence-corrected chi connectivity index (χ4v) is 11.3. The van der Waals surface area contributed by atoms with Crippen LogP contribution in [0.15, 0.2) is 12.2 Å². The first-order chi connectivity index (χ1) is 36.5. The van der Waals surface area contributed by atoms with Gasteiger partial charge in [0.15, 0.2) is 0 Å². The van der Waals surface area contributed by atoms with E-state index in [1.165, 1.54) is 302 Å². The quantitative estimate of drug-likeness (QED) is 0.0243. The molecular formula is C66H134N2O6P+. The zero-order valence-electron chi connectivity index (χ0n) is 51.3. The summed E-state index contributed by atoms with van der Waals surface area (Å²) in [6.07, 6.45) is 73.5. The number of phosphoric acid groups is 1. The lowest BCUT2D eigenvalue weighted by molar-refractivity contribution is -0.870. The second-order valence-electron chi connectivity index (χ2n) is 24.6. The summed E-state index contributed by atoms with van der Waals surface area (Å²) in [5.74, 6) is -0.167. The van der Waals surface area contributed by atoms with Crippen LogP contribution in [-0.2, 0) is 18.4 Å². The van der Waals surface area contributed by atoms with Crippen LogP contribution in [0, 0.1) is 0 Å². The van der Waals surface area contributed by atoms with Crippen molar-refractivity contribution in [3.63, 3.8) is 0 Å². The Balaban J connectivity index is 4.04. The number of nitrogens with one attached hydrogen (secondary N) is 1. The van der Waals surface area contributed by atoms with E-state index in [2.05, 4.69) is 19.2 Å². The molecule has 3 unspecified atom stereocenters. The van der Waals surface area contributed by atoms with Crippen LogP contribution in [0.3, 0.4) is 0 Å². The molecule has 9 heteroatoms. The highest BCUT2D eigenvalue weighted by molar-refractivity contribution is 7.47. The number of aliphatic hydroxyl groups is 1. The number of hydrogen-bond donors (Lipinski definition) is 3. The van der Waals surface area contributed by atoms with Crippen LogP contribution >= 0.6 is 7.82 Å². The molecule has 3 atom stereocenters. The fraction of sp³-hybridized carbons (Fsp3) is 0.955. The van der Waals surface area contributed by atoms with E-state index in [4.69, 9.17) is 9.05 Å². The summed E-state index contributed by atoms with van der Waals surface area (Å²) >= 11 is 0. The molecule has 0 radical (unpaired) electrons. The number of phosphoric ester groups is 1. The lowest BCUT2D eigenvalue weighted by Crippen LogP contribution is -2.45. The molecule has 0 aliphatic rings. The number of carbonyl (C=O) groups excluding carboxylic acids is 1. The Hall–Kier alpha value is -0.760. The van der Waals surface area contributed by atoms with Crippen molar-refractivity contribution in [2.45, 2.75) is 366 Å². The average Bonchev–Trinajstić information content (AvgIpc) is 3.37. The Morgan fingerprint density at radius 3 is 0.987 bits per heavy atom. The Labute approximate surface area is 469 Å². The van der Waals surface area contributed by atoms with Gasteiger partial charge in [0.05, 0.1) is 39.9 Å². The van der Waals surface area contributed by atoms with E-state index in [0.717, 1.165) is 32.1 Å². The van der Waals surface area contributed by atoms with Gasteiger partial charge in [0, 0.05) is 6.42 Å². The maximum atomic E-state index is 13.0. The van der Waals surface area contributed by atoms with Gasteiger partial charge in [-0.15, -0.1) is 0 Å². The molecule has 0 saturated carbocycles. The highest BCUT2D eigenvalue weighted by Crippen LogP contribution is 2.43. The van der Waals surface area contributed by atoms with Gasteiger partial charge in [0.2, 0.25) is 5.91 Å². The number of hydrogen-bond acceptors (Lipinski definition) is 5. The molecule has 1 amide bonds. The van der Waals surface area contributed by atoms with Crippen molar-refractivity contribution >= 4 is 13.7 Å². The maximum absolute atomic E-state index is 13.0. The second-order valence-corrected chi connectivity index (χ2v) is 26.0. The number of quaternary nitrogens is 1. The third-order valence-electron chi connectivity index (χ3n) is 15.8. The molecule has 0 aliphatic carbocycles. The van der Waals surface area contributed by atoms with E-state index in [1.807, 2.05) is 27.2 Å². The molecule has 8 nitrogen and oxygen atoms in total. The van der Waals surface area contributed by atoms with Crippen molar-refractivity contribution in [1.82, 2.24) is 5.32 Å². The van der Waals surface area contributed by atoms with Crippen LogP contribution in [0.25, 0.3) is 0 Å². The van der Waals surface area contributed by atoms with Crippen molar-refractivity contribution in [1.29, 1.82) is 0 Å². The summed E-state index contributed by atoms with van der Waals surface area (Å²) < 4.78 is 23.8. The number of carbonyl (C=O) groups is 1. The Morgan fingerprint density at radius 2 is 0.707 bits per heavy atom. The maximum Gasteiger partial charge on any atom is 0.472 e.